The summed E-state index contributed by atoms with van der Waals surface area (Å²) in [7, 11) is 0. The molecule has 6 nitrogen and oxygen atoms in total. The highest BCUT2D eigenvalue weighted by Gasteiger charge is 2.34. The third kappa shape index (κ3) is 8.40. The second-order valence-electron chi connectivity index (χ2n) is 5.48. The number of unbranched alkanes of at least 4 members (excludes halogenated alkanes) is 2. The fraction of sp³-hybridized carbons (Fsp3) is 0.438. The number of rotatable bonds is 8. The summed E-state index contributed by atoms with van der Waals surface area (Å²) in [5, 5.41) is 17.2. The van der Waals surface area contributed by atoms with Crippen LogP contribution in [-0.2, 0) is 4.79 Å². The van der Waals surface area contributed by atoms with Gasteiger partial charge in [-0.05, 0) is 36.8 Å². The van der Waals surface area contributed by atoms with Crippen LogP contribution in [0.1, 0.15) is 43.0 Å². The Kier molecular flexibility index (Phi) is 9.43. The van der Waals surface area contributed by atoms with Crippen LogP contribution in [0.5, 0.6) is 0 Å². The third-order valence-corrected chi connectivity index (χ3v) is 4.16. The van der Waals surface area contributed by atoms with Gasteiger partial charge in [-0.25, -0.2) is 4.79 Å². The van der Waals surface area contributed by atoms with Crippen molar-refractivity contribution in [2.75, 3.05) is 5.32 Å². The molecule has 0 aliphatic rings. The van der Waals surface area contributed by atoms with E-state index in [2.05, 4.69) is 16.0 Å². The van der Waals surface area contributed by atoms with Crippen molar-refractivity contribution in [1.29, 1.82) is 0 Å². The number of amides is 1. The number of alkyl halides is 3. The van der Waals surface area contributed by atoms with Crippen molar-refractivity contribution in [2.24, 2.45) is 0 Å². The molecule has 0 aliphatic carbocycles. The van der Waals surface area contributed by atoms with E-state index in [9.17, 15) is 9.59 Å². The van der Waals surface area contributed by atoms with Crippen LogP contribution in [0.2, 0.25) is 0 Å². The fourth-order valence-corrected chi connectivity index (χ4v) is 2.56. The van der Waals surface area contributed by atoms with Crippen molar-refractivity contribution in [3.05, 3.63) is 29.8 Å². The summed E-state index contributed by atoms with van der Waals surface area (Å²) in [6, 6.07) is 6.05. The Bertz CT molecular complexity index is 653. The Balaban J connectivity index is 2.70. The molecule has 0 unspecified atom stereocenters. The van der Waals surface area contributed by atoms with Crippen molar-refractivity contribution >= 4 is 69.7 Å². The number of carbonyl (C=O) groups excluding carboxylic acids is 1. The molecule has 0 radical (unpaired) electrons. The molecular weight excluding hydrogens is 421 g/mol. The lowest BCUT2D eigenvalue weighted by Gasteiger charge is -2.27. The van der Waals surface area contributed by atoms with Crippen molar-refractivity contribution in [1.82, 2.24) is 10.6 Å². The topological polar surface area (TPSA) is 90.5 Å². The highest BCUT2D eigenvalue weighted by molar-refractivity contribution is 7.80. The summed E-state index contributed by atoms with van der Waals surface area (Å²) in [5.74, 6) is -1.33. The predicted octanol–water partition coefficient (Wildman–Crippen LogP) is 4.06. The number of carboxylic acid groups (broad SMARTS) is 1. The lowest BCUT2D eigenvalue weighted by Crippen LogP contribution is -2.56. The first kappa shape index (κ1) is 22.8. The fourth-order valence-electron chi connectivity index (χ4n) is 2.00. The third-order valence-electron chi connectivity index (χ3n) is 3.28. The first-order valence-electron chi connectivity index (χ1n) is 7.90. The molecule has 26 heavy (non-hydrogen) atoms. The van der Waals surface area contributed by atoms with E-state index in [4.69, 9.17) is 52.1 Å². The summed E-state index contributed by atoms with van der Waals surface area (Å²) in [4.78, 5) is 23.0. The zero-order valence-corrected chi connectivity index (χ0v) is 17.1. The van der Waals surface area contributed by atoms with Crippen molar-refractivity contribution in [3.8, 4) is 0 Å². The number of hydrogen-bond acceptors (Lipinski definition) is 3. The first-order chi connectivity index (χ1) is 12.1. The SMILES string of the molecule is CCCCCC(=O)N[C@@H](NC(=S)Nc1cccc(C(=O)O)c1)C(Cl)(Cl)Cl. The molecule has 0 fully saturated rings. The van der Waals surface area contributed by atoms with Gasteiger partial charge in [0.1, 0.15) is 6.17 Å². The maximum Gasteiger partial charge on any atom is 0.335 e. The molecule has 0 aromatic heterocycles. The molecule has 0 heterocycles. The Morgan fingerprint density at radius 2 is 1.92 bits per heavy atom. The summed E-state index contributed by atoms with van der Waals surface area (Å²) in [6.45, 7) is 2.03. The zero-order valence-electron chi connectivity index (χ0n) is 14.0. The normalized spacial score (nSPS) is 12.2. The molecule has 0 aliphatic heterocycles. The van der Waals surface area contributed by atoms with Gasteiger partial charge in [-0.3, -0.25) is 4.79 Å². The lowest BCUT2D eigenvalue weighted by molar-refractivity contribution is -0.122. The van der Waals surface area contributed by atoms with Gasteiger partial charge in [-0.2, -0.15) is 0 Å². The Labute approximate surface area is 172 Å². The van der Waals surface area contributed by atoms with Crippen LogP contribution in [0.15, 0.2) is 24.3 Å². The molecule has 1 rings (SSSR count). The minimum atomic E-state index is -1.84. The standard InChI is InChI=1S/C16H20Cl3N3O3S/c1-2-3-4-8-12(23)21-14(16(17,18)19)22-15(26)20-11-7-5-6-10(9-11)13(24)25/h5-7,9,14H,2-4,8H2,1H3,(H,21,23)(H,24,25)(H2,20,22,26)/t14-/m0/s1. The smallest absolute Gasteiger partial charge is 0.335 e. The summed E-state index contributed by atoms with van der Waals surface area (Å²) >= 11 is 22.9. The Hall–Kier alpha value is -1.28. The molecule has 10 heteroatoms. The second-order valence-corrected chi connectivity index (χ2v) is 8.26. The Morgan fingerprint density at radius 1 is 1.23 bits per heavy atom. The van der Waals surface area contributed by atoms with E-state index >= 15 is 0 Å². The molecule has 4 N–H and O–H groups in total. The average molecular weight is 441 g/mol. The van der Waals surface area contributed by atoms with Crippen LogP contribution >= 0.6 is 47.0 Å². The van der Waals surface area contributed by atoms with Gasteiger partial charge in [0, 0.05) is 12.1 Å². The van der Waals surface area contributed by atoms with E-state index in [1.165, 1.54) is 12.1 Å². The van der Waals surface area contributed by atoms with Gasteiger partial charge < -0.3 is 21.1 Å². The largest absolute Gasteiger partial charge is 0.478 e. The number of thiocarbonyl (C=S) groups is 1. The van der Waals surface area contributed by atoms with E-state index in [-0.39, 0.29) is 16.6 Å². The van der Waals surface area contributed by atoms with Crippen molar-refractivity contribution < 1.29 is 14.7 Å². The van der Waals surface area contributed by atoms with Gasteiger partial charge in [0.05, 0.1) is 5.56 Å². The van der Waals surface area contributed by atoms with E-state index in [0.717, 1.165) is 19.3 Å². The number of aromatic carboxylic acids is 1. The van der Waals surface area contributed by atoms with Gasteiger partial charge in [-0.1, -0.05) is 60.6 Å². The number of benzene rings is 1. The number of nitrogens with one attached hydrogen (secondary N) is 3. The molecule has 0 saturated carbocycles. The Morgan fingerprint density at radius 3 is 2.50 bits per heavy atom. The first-order valence-corrected chi connectivity index (χ1v) is 9.44. The highest BCUT2D eigenvalue weighted by atomic mass is 35.6. The maximum atomic E-state index is 12.0. The molecule has 1 aromatic carbocycles. The van der Waals surface area contributed by atoms with Gasteiger partial charge in [0.2, 0.25) is 9.70 Å². The van der Waals surface area contributed by atoms with Gasteiger partial charge in [0.25, 0.3) is 0 Å². The molecule has 0 spiro atoms. The van der Waals surface area contributed by atoms with Crippen LogP contribution in [0.3, 0.4) is 0 Å². The lowest BCUT2D eigenvalue weighted by atomic mass is 10.2. The van der Waals surface area contributed by atoms with Crippen LogP contribution in [0.25, 0.3) is 0 Å². The van der Waals surface area contributed by atoms with Crippen LogP contribution < -0.4 is 16.0 Å². The maximum absolute atomic E-state index is 12.0. The molecular formula is C16H20Cl3N3O3S. The van der Waals surface area contributed by atoms with E-state index < -0.39 is 15.9 Å². The summed E-state index contributed by atoms with van der Waals surface area (Å²) in [6.07, 6.45) is 1.92. The van der Waals surface area contributed by atoms with Gasteiger partial charge in [-0.15, -0.1) is 0 Å². The molecule has 0 saturated heterocycles. The molecule has 144 valence electrons. The van der Waals surface area contributed by atoms with E-state index in [1.54, 1.807) is 12.1 Å². The number of carboxylic acids is 1. The predicted molar refractivity (Wildman–Crippen MR) is 109 cm³/mol. The molecule has 0 bridgehead atoms. The number of anilines is 1. The zero-order chi connectivity index (χ0) is 19.7. The number of carbonyl (C=O) groups is 2. The van der Waals surface area contributed by atoms with Crippen LogP contribution in [0.4, 0.5) is 5.69 Å². The van der Waals surface area contributed by atoms with Crippen LogP contribution in [-0.4, -0.2) is 32.1 Å². The minimum Gasteiger partial charge on any atom is -0.478 e. The van der Waals surface area contributed by atoms with Gasteiger partial charge >= 0.3 is 5.97 Å². The minimum absolute atomic E-state index is 0.0673. The monoisotopic (exact) mass is 439 g/mol. The van der Waals surface area contributed by atoms with Crippen molar-refractivity contribution in [3.63, 3.8) is 0 Å². The second kappa shape index (κ2) is 10.8. The summed E-state index contributed by atoms with van der Waals surface area (Å²) in [5.41, 5.74) is 0.541. The van der Waals surface area contributed by atoms with E-state index in [0.29, 0.717) is 12.1 Å². The highest BCUT2D eigenvalue weighted by Crippen LogP contribution is 2.29. The number of halogens is 3. The quantitative estimate of drug-likeness (QED) is 0.211. The molecule has 1 atom stereocenters. The van der Waals surface area contributed by atoms with Crippen LogP contribution in [0, 0.1) is 0 Å². The van der Waals surface area contributed by atoms with E-state index in [1.807, 2.05) is 6.92 Å². The van der Waals surface area contributed by atoms with Gasteiger partial charge in [0.15, 0.2) is 5.11 Å². The molecule has 1 amide bonds. The summed E-state index contributed by atoms with van der Waals surface area (Å²) < 4.78 is -1.84. The molecule has 1 aromatic rings. The number of hydrogen-bond donors (Lipinski definition) is 4. The average Bonchev–Trinajstić information content (AvgIpc) is 2.53. The van der Waals surface area contributed by atoms with Crippen molar-refractivity contribution in [2.45, 2.75) is 42.6 Å².